The number of nitrogen functional groups attached to an aromatic ring is 1. The zero-order valence-electron chi connectivity index (χ0n) is 15.0. The molecule has 1 aliphatic rings. The Kier molecular flexibility index (Phi) is 5.56. The van der Waals surface area contributed by atoms with Gasteiger partial charge < -0.3 is 20.7 Å². The highest BCUT2D eigenvalue weighted by molar-refractivity contribution is 5.71. The Morgan fingerprint density at radius 1 is 1.23 bits per heavy atom. The summed E-state index contributed by atoms with van der Waals surface area (Å²) in [5, 5.41) is 19.3. The van der Waals surface area contributed by atoms with E-state index in [1.165, 1.54) is 0 Å². The number of aromatic amines is 1. The molecule has 2 aromatic heterocycles. The van der Waals surface area contributed by atoms with E-state index in [2.05, 4.69) is 4.98 Å². The number of fused-ring (bicyclic) bond motifs is 1. The van der Waals surface area contributed by atoms with Crippen molar-refractivity contribution in [3.05, 3.63) is 20.8 Å². The van der Waals surface area contributed by atoms with Gasteiger partial charge in [-0.3, -0.25) is 14.3 Å². The van der Waals surface area contributed by atoms with Gasteiger partial charge in [0.2, 0.25) is 5.95 Å². The molecule has 31 heavy (non-hydrogen) atoms. The molecule has 2 aromatic rings. The fourth-order valence-corrected chi connectivity index (χ4v) is 3.19. The van der Waals surface area contributed by atoms with Gasteiger partial charge in [-0.1, -0.05) is 0 Å². The summed E-state index contributed by atoms with van der Waals surface area (Å²) in [5.41, 5.74) is 1.21. The van der Waals surface area contributed by atoms with Crippen LogP contribution in [0.3, 0.4) is 0 Å². The van der Waals surface area contributed by atoms with E-state index < -0.39 is 84.4 Å². The molecule has 0 aliphatic carbocycles. The van der Waals surface area contributed by atoms with Gasteiger partial charge in [-0.05, 0) is 0 Å². The number of aryl methyl sites for hydroxylation is 1. The van der Waals surface area contributed by atoms with Crippen LogP contribution in [0, 0.1) is 0 Å². The number of hydrogen-bond acceptors (Lipinski definition) is 7. The number of aliphatic hydroxyl groups excluding tert-OH is 2. The lowest BCUT2D eigenvalue weighted by molar-refractivity contribution is -0.241. The fourth-order valence-electron chi connectivity index (χ4n) is 3.19. The number of rotatable bonds is 4. The van der Waals surface area contributed by atoms with E-state index in [1.807, 2.05) is 4.98 Å². The first kappa shape index (κ1) is 23.0. The first-order valence-electron chi connectivity index (χ1n) is 8.43. The van der Waals surface area contributed by atoms with E-state index >= 15 is 0 Å². The van der Waals surface area contributed by atoms with Crippen LogP contribution in [0.15, 0.2) is 9.59 Å². The first-order valence-corrected chi connectivity index (χ1v) is 8.43. The number of hydrogen-bond donors (Lipinski definition) is 4. The fraction of sp³-hybridized carbons (Fsp3) is 0.643. The largest absolute Gasteiger partial charge is 0.417 e. The number of ether oxygens (including phenoxy) is 1. The smallest absolute Gasteiger partial charge is 0.385 e. The number of imidazole rings is 1. The molecular formula is C14H14F7N5O5. The highest BCUT2D eigenvalue weighted by Crippen LogP contribution is 2.38. The highest BCUT2D eigenvalue weighted by Gasteiger charge is 2.56. The van der Waals surface area contributed by atoms with Crippen LogP contribution in [-0.4, -0.2) is 66.2 Å². The molecule has 0 saturated carbocycles. The summed E-state index contributed by atoms with van der Waals surface area (Å²) in [6, 6.07) is 0. The Morgan fingerprint density at radius 2 is 1.84 bits per heavy atom. The van der Waals surface area contributed by atoms with E-state index in [-0.39, 0.29) is 4.57 Å². The number of anilines is 1. The molecule has 5 N–H and O–H groups in total. The normalized spacial score (nSPS) is 26.0. The molecule has 5 atom stereocenters. The minimum absolute atomic E-state index is 0.220. The van der Waals surface area contributed by atoms with Crippen molar-refractivity contribution < 1.29 is 45.7 Å². The van der Waals surface area contributed by atoms with Crippen LogP contribution in [0.5, 0.6) is 0 Å². The van der Waals surface area contributed by atoms with Crippen LogP contribution < -0.4 is 17.0 Å². The van der Waals surface area contributed by atoms with Crippen LogP contribution >= 0.6 is 0 Å². The van der Waals surface area contributed by atoms with Crippen LogP contribution in [0.1, 0.15) is 12.6 Å². The summed E-state index contributed by atoms with van der Waals surface area (Å²) in [4.78, 5) is 30.4. The summed E-state index contributed by atoms with van der Waals surface area (Å²) < 4.78 is 95.6. The second-order valence-corrected chi connectivity index (χ2v) is 6.71. The van der Waals surface area contributed by atoms with Crippen molar-refractivity contribution in [3.63, 3.8) is 0 Å². The van der Waals surface area contributed by atoms with E-state index in [0.717, 1.165) is 0 Å². The molecule has 3 heterocycles. The molecule has 10 nitrogen and oxygen atoms in total. The van der Waals surface area contributed by atoms with Crippen LogP contribution in [0.2, 0.25) is 0 Å². The Hall–Kier alpha value is -2.66. The van der Waals surface area contributed by atoms with Crippen LogP contribution in [0.25, 0.3) is 11.2 Å². The van der Waals surface area contributed by atoms with Gasteiger partial charge in [0.25, 0.3) is 5.56 Å². The van der Waals surface area contributed by atoms with Gasteiger partial charge in [0.15, 0.2) is 29.7 Å². The number of aliphatic hydroxyl groups is 2. The van der Waals surface area contributed by atoms with Crippen molar-refractivity contribution in [3.8, 4) is 0 Å². The van der Waals surface area contributed by atoms with Crippen molar-refractivity contribution in [2.75, 3.05) is 5.73 Å². The minimum Gasteiger partial charge on any atom is -0.385 e. The van der Waals surface area contributed by atoms with E-state index in [1.54, 1.807) is 0 Å². The lowest BCUT2D eigenvalue weighted by Crippen LogP contribution is -2.44. The molecule has 3 rings (SSSR count). The first-order chi connectivity index (χ1) is 14.1. The zero-order chi connectivity index (χ0) is 23.5. The molecule has 1 saturated heterocycles. The maximum Gasteiger partial charge on any atom is 0.417 e. The van der Waals surface area contributed by atoms with Crippen LogP contribution in [-0.2, 0) is 11.3 Å². The summed E-state index contributed by atoms with van der Waals surface area (Å²) in [6.45, 7) is -1.10. The van der Waals surface area contributed by atoms with Gasteiger partial charge in [0, 0.05) is 6.54 Å². The number of aromatic nitrogens is 4. The molecule has 0 aromatic carbocycles. The lowest BCUT2D eigenvalue weighted by Gasteiger charge is -2.22. The van der Waals surface area contributed by atoms with E-state index in [0.29, 0.717) is 4.57 Å². The van der Waals surface area contributed by atoms with Crippen molar-refractivity contribution >= 4 is 17.1 Å². The monoisotopic (exact) mass is 465 g/mol. The second-order valence-electron chi connectivity index (χ2n) is 6.71. The lowest BCUT2D eigenvalue weighted by atomic mass is 10.1. The van der Waals surface area contributed by atoms with Gasteiger partial charge in [-0.25, -0.2) is 13.8 Å². The molecule has 0 radical (unpaired) electrons. The summed E-state index contributed by atoms with van der Waals surface area (Å²) in [6.07, 6.45) is -25.3. The van der Waals surface area contributed by atoms with E-state index in [4.69, 9.17) is 10.5 Å². The van der Waals surface area contributed by atoms with Crippen molar-refractivity contribution in [1.82, 2.24) is 19.1 Å². The van der Waals surface area contributed by atoms with Gasteiger partial charge >= 0.3 is 18.0 Å². The molecule has 0 amide bonds. The summed E-state index contributed by atoms with van der Waals surface area (Å²) in [7, 11) is 0. The number of halogens is 7. The number of nitrogens with zero attached hydrogens (tertiary/aromatic N) is 3. The van der Waals surface area contributed by atoms with Crippen molar-refractivity contribution in [2.24, 2.45) is 0 Å². The third-order valence-electron chi connectivity index (χ3n) is 4.58. The van der Waals surface area contributed by atoms with Gasteiger partial charge in [0.05, 0.1) is 6.42 Å². The summed E-state index contributed by atoms with van der Waals surface area (Å²) >= 11 is 0. The van der Waals surface area contributed by atoms with Crippen molar-refractivity contribution in [2.45, 2.75) is 56.0 Å². The zero-order valence-corrected chi connectivity index (χ0v) is 15.0. The maximum atomic E-state index is 14.3. The third-order valence-corrected chi connectivity index (χ3v) is 4.58. The molecule has 17 heteroatoms. The maximum absolute atomic E-state index is 14.3. The third kappa shape index (κ3) is 4.11. The molecule has 1 unspecified atom stereocenters. The minimum atomic E-state index is -5.35. The van der Waals surface area contributed by atoms with Crippen molar-refractivity contribution in [1.29, 1.82) is 0 Å². The predicted molar refractivity (Wildman–Crippen MR) is 86.6 cm³/mol. The number of H-pyrrole nitrogens is 1. The molecule has 1 fully saturated rings. The predicted octanol–water partition coefficient (Wildman–Crippen LogP) is -0.0595. The molecule has 0 bridgehead atoms. The highest BCUT2D eigenvalue weighted by atomic mass is 19.4. The number of nitrogens with two attached hydrogens (primary N) is 1. The van der Waals surface area contributed by atoms with E-state index in [9.17, 15) is 50.5 Å². The van der Waals surface area contributed by atoms with Gasteiger partial charge in [-0.2, -0.15) is 31.3 Å². The Labute approximate surface area is 165 Å². The van der Waals surface area contributed by atoms with Crippen LogP contribution in [0.4, 0.5) is 36.7 Å². The average molecular weight is 465 g/mol. The Bertz CT molecular complexity index is 1090. The average Bonchev–Trinajstić information content (AvgIpc) is 3.05. The number of nitrogens with one attached hydrogen (secondary N) is 1. The Balaban J connectivity index is 2.15. The van der Waals surface area contributed by atoms with Gasteiger partial charge in [0.1, 0.15) is 12.2 Å². The molecule has 1 aliphatic heterocycles. The molecule has 0 spiro atoms. The second kappa shape index (κ2) is 7.49. The topological polar surface area (TPSA) is 148 Å². The van der Waals surface area contributed by atoms with Gasteiger partial charge in [-0.15, -0.1) is 0 Å². The quantitative estimate of drug-likeness (QED) is 0.463. The standard InChI is InChI=1S/C14H14F7N5O5/c15-3-5(27)10(31-6(3)7(28)14(19,20)21)26-8-4(9(29)24-11(22)23-8)25(12(26)30)2-1-13(16,17)18/h3,5-7,10,27-28H,1-2H2,(H3,22,23,24,29)/t3-,5-,6+,7?,10-/m1/s1. The Morgan fingerprint density at radius 3 is 2.39 bits per heavy atom. The molecule has 174 valence electrons. The number of alkyl halides is 7. The SMILES string of the molecule is Nc1nc2c(c(=O)[nH]1)n(CCC(F)(F)F)c(=O)n2[C@@H]1O[C@H](C(O)C(F)(F)F)[C@H](F)[C@H]1O. The summed E-state index contributed by atoms with van der Waals surface area (Å²) in [5.74, 6) is -0.629. The molecular weight excluding hydrogens is 451 g/mol.